The van der Waals surface area contributed by atoms with E-state index in [9.17, 15) is 14.7 Å². The number of amides is 1. The highest BCUT2D eigenvalue weighted by atomic mass is 16.4. The number of hydrogen-bond donors (Lipinski definition) is 2. The summed E-state index contributed by atoms with van der Waals surface area (Å²) in [6.45, 7) is 5.51. The van der Waals surface area contributed by atoms with E-state index < -0.39 is 11.4 Å². The molecule has 2 rings (SSSR count). The van der Waals surface area contributed by atoms with Crippen molar-refractivity contribution in [3.63, 3.8) is 0 Å². The van der Waals surface area contributed by atoms with Crippen LogP contribution in [0.3, 0.4) is 0 Å². The Bertz CT molecular complexity index is 532. The van der Waals surface area contributed by atoms with Gasteiger partial charge in [-0.15, -0.1) is 0 Å². The van der Waals surface area contributed by atoms with Gasteiger partial charge in [-0.3, -0.25) is 9.59 Å². The molecule has 1 aromatic carbocycles. The fourth-order valence-electron chi connectivity index (χ4n) is 3.06. The molecule has 0 saturated heterocycles. The summed E-state index contributed by atoms with van der Waals surface area (Å²) in [6.07, 6.45) is 2.17. The maximum atomic E-state index is 12.4. The zero-order valence-electron chi connectivity index (χ0n) is 12.2. The van der Waals surface area contributed by atoms with Crippen LogP contribution < -0.4 is 5.32 Å². The van der Waals surface area contributed by atoms with Crippen LogP contribution in [0.4, 0.5) is 0 Å². The van der Waals surface area contributed by atoms with E-state index >= 15 is 0 Å². The molecule has 1 saturated carbocycles. The number of carboxylic acids is 1. The van der Waals surface area contributed by atoms with E-state index in [1.165, 1.54) is 0 Å². The lowest BCUT2D eigenvalue weighted by molar-refractivity contribution is -0.148. The molecule has 1 aliphatic carbocycles. The van der Waals surface area contributed by atoms with Gasteiger partial charge < -0.3 is 10.4 Å². The van der Waals surface area contributed by atoms with Gasteiger partial charge in [-0.25, -0.2) is 0 Å². The minimum Gasteiger partial charge on any atom is -0.481 e. The van der Waals surface area contributed by atoms with Gasteiger partial charge in [-0.05, 0) is 44.7 Å². The van der Waals surface area contributed by atoms with E-state index in [-0.39, 0.29) is 11.9 Å². The lowest BCUT2D eigenvalue weighted by Gasteiger charge is -2.28. The SMILES string of the molecule is Cc1cccc(C)c1C(=O)NC1CCCC1(C)C(=O)O. The lowest BCUT2D eigenvalue weighted by atomic mass is 9.84. The van der Waals surface area contributed by atoms with Crippen molar-refractivity contribution in [3.05, 3.63) is 34.9 Å². The maximum absolute atomic E-state index is 12.4. The van der Waals surface area contributed by atoms with Crippen molar-refractivity contribution in [1.82, 2.24) is 5.32 Å². The van der Waals surface area contributed by atoms with Gasteiger partial charge >= 0.3 is 5.97 Å². The number of rotatable bonds is 3. The molecular weight excluding hydrogens is 254 g/mol. The van der Waals surface area contributed by atoms with E-state index in [1.54, 1.807) is 6.92 Å². The molecule has 0 aliphatic heterocycles. The van der Waals surface area contributed by atoms with E-state index in [0.29, 0.717) is 12.0 Å². The summed E-state index contributed by atoms with van der Waals surface area (Å²) in [5, 5.41) is 12.3. The monoisotopic (exact) mass is 275 g/mol. The standard InChI is InChI=1S/C16H21NO3/c1-10-6-4-7-11(2)13(10)14(18)17-12-8-5-9-16(12,3)15(19)20/h4,6-7,12H,5,8-9H2,1-3H3,(H,17,18)(H,19,20). The molecule has 0 spiro atoms. The van der Waals surface area contributed by atoms with Gasteiger partial charge in [0.2, 0.25) is 0 Å². The molecule has 2 atom stereocenters. The van der Waals surface area contributed by atoms with Crippen LogP contribution in [0.5, 0.6) is 0 Å². The van der Waals surface area contributed by atoms with Gasteiger partial charge in [0.25, 0.3) is 5.91 Å². The lowest BCUT2D eigenvalue weighted by Crippen LogP contribution is -2.47. The van der Waals surface area contributed by atoms with Crippen LogP contribution in [-0.4, -0.2) is 23.0 Å². The van der Waals surface area contributed by atoms with Crippen molar-refractivity contribution in [2.24, 2.45) is 5.41 Å². The second kappa shape index (κ2) is 5.27. The normalized spacial score (nSPS) is 25.4. The quantitative estimate of drug-likeness (QED) is 0.891. The Hall–Kier alpha value is -1.84. The Morgan fingerprint density at radius 2 is 1.90 bits per heavy atom. The molecule has 2 unspecified atom stereocenters. The number of aryl methyl sites for hydroxylation is 2. The Balaban J connectivity index is 2.22. The zero-order chi connectivity index (χ0) is 14.9. The van der Waals surface area contributed by atoms with Crippen molar-refractivity contribution in [2.45, 2.75) is 46.1 Å². The van der Waals surface area contributed by atoms with Crippen LogP contribution in [0.1, 0.15) is 47.7 Å². The van der Waals surface area contributed by atoms with Crippen LogP contribution in [0.2, 0.25) is 0 Å². The average Bonchev–Trinajstić information content (AvgIpc) is 2.72. The Kier molecular flexibility index (Phi) is 3.84. The smallest absolute Gasteiger partial charge is 0.311 e. The van der Waals surface area contributed by atoms with E-state index in [1.807, 2.05) is 32.0 Å². The predicted octanol–water partition coefficient (Wildman–Crippen LogP) is 2.68. The first-order chi connectivity index (χ1) is 9.36. The molecule has 4 heteroatoms. The van der Waals surface area contributed by atoms with Gasteiger partial charge in [-0.2, -0.15) is 0 Å². The minimum absolute atomic E-state index is 0.167. The molecule has 0 bridgehead atoms. The van der Waals surface area contributed by atoms with Gasteiger partial charge in [0.15, 0.2) is 0 Å². The molecule has 0 aromatic heterocycles. The Morgan fingerprint density at radius 3 is 2.45 bits per heavy atom. The molecule has 2 N–H and O–H groups in total. The van der Waals surface area contributed by atoms with Crippen molar-refractivity contribution >= 4 is 11.9 Å². The minimum atomic E-state index is -0.855. The summed E-state index contributed by atoms with van der Waals surface area (Å²) in [5.74, 6) is -0.998. The maximum Gasteiger partial charge on any atom is 0.311 e. The van der Waals surface area contributed by atoms with Crippen molar-refractivity contribution in [3.8, 4) is 0 Å². The second-order valence-corrected chi connectivity index (χ2v) is 5.91. The third-order valence-corrected chi connectivity index (χ3v) is 4.46. The van der Waals surface area contributed by atoms with Gasteiger partial charge in [-0.1, -0.05) is 24.6 Å². The van der Waals surface area contributed by atoms with Crippen molar-refractivity contribution in [2.75, 3.05) is 0 Å². The third kappa shape index (κ3) is 2.42. The van der Waals surface area contributed by atoms with Gasteiger partial charge in [0.05, 0.1) is 5.41 Å². The van der Waals surface area contributed by atoms with Crippen LogP contribution in [0, 0.1) is 19.3 Å². The largest absolute Gasteiger partial charge is 0.481 e. The summed E-state index contributed by atoms with van der Waals surface area (Å²) in [4.78, 5) is 23.9. The molecule has 1 aliphatic rings. The van der Waals surface area contributed by atoms with Crippen LogP contribution in [-0.2, 0) is 4.79 Å². The zero-order valence-corrected chi connectivity index (χ0v) is 12.2. The summed E-state index contributed by atoms with van der Waals surface area (Å²) in [7, 11) is 0. The molecule has 20 heavy (non-hydrogen) atoms. The number of aliphatic carboxylic acids is 1. The first kappa shape index (κ1) is 14.6. The van der Waals surface area contributed by atoms with Crippen LogP contribution in [0.25, 0.3) is 0 Å². The van der Waals surface area contributed by atoms with Crippen molar-refractivity contribution < 1.29 is 14.7 Å². The highest BCUT2D eigenvalue weighted by molar-refractivity contribution is 5.97. The summed E-state index contributed by atoms with van der Waals surface area (Å²) >= 11 is 0. The van der Waals surface area contributed by atoms with Crippen LogP contribution in [0.15, 0.2) is 18.2 Å². The molecule has 1 aromatic rings. The predicted molar refractivity (Wildman–Crippen MR) is 76.8 cm³/mol. The summed E-state index contributed by atoms with van der Waals surface area (Å²) in [6, 6.07) is 5.41. The Labute approximate surface area is 119 Å². The fourth-order valence-corrected chi connectivity index (χ4v) is 3.06. The molecule has 0 heterocycles. The second-order valence-electron chi connectivity index (χ2n) is 5.91. The number of nitrogens with one attached hydrogen (secondary N) is 1. The summed E-state index contributed by atoms with van der Waals surface area (Å²) < 4.78 is 0. The molecular formula is C16H21NO3. The number of hydrogen-bond acceptors (Lipinski definition) is 2. The Morgan fingerprint density at radius 1 is 1.30 bits per heavy atom. The average molecular weight is 275 g/mol. The fraction of sp³-hybridized carbons (Fsp3) is 0.500. The number of carboxylic acid groups (broad SMARTS) is 1. The molecule has 1 amide bonds. The molecule has 108 valence electrons. The summed E-state index contributed by atoms with van der Waals surface area (Å²) in [5.41, 5.74) is 1.63. The van der Waals surface area contributed by atoms with E-state index in [0.717, 1.165) is 24.0 Å². The molecule has 4 nitrogen and oxygen atoms in total. The molecule has 1 fully saturated rings. The topological polar surface area (TPSA) is 66.4 Å². The first-order valence-electron chi connectivity index (χ1n) is 6.97. The van der Waals surface area contributed by atoms with E-state index in [2.05, 4.69) is 5.32 Å². The van der Waals surface area contributed by atoms with E-state index in [4.69, 9.17) is 0 Å². The highest BCUT2D eigenvalue weighted by Crippen LogP contribution is 2.38. The molecule has 0 radical (unpaired) electrons. The highest BCUT2D eigenvalue weighted by Gasteiger charge is 2.46. The number of benzene rings is 1. The van der Waals surface area contributed by atoms with Crippen LogP contribution >= 0.6 is 0 Å². The van der Waals surface area contributed by atoms with Gasteiger partial charge in [0.1, 0.15) is 0 Å². The number of carbonyl (C=O) groups excluding carboxylic acids is 1. The van der Waals surface area contributed by atoms with Crippen molar-refractivity contribution in [1.29, 1.82) is 0 Å². The number of carbonyl (C=O) groups is 2. The van der Waals surface area contributed by atoms with Gasteiger partial charge in [0, 0.05) is 11.6 Å². The first-order valence-corrected chi connectivity index (χ1v) is 6.97. The third-order valence-electron chi connectivity index (χ3n) is 4.46.